The summed E-state index contributed by atoms with van der Waals surface area (Å²) in [5, 5.41) is 0. The SMILES string of the molecule is C#CCc1c(F)c(F)c(C)c(F)c1F. The van der Waals surface area contributed by atoms with Gasteiger partial charge in [0.1, 0.15) is 0 Å². The van der Waals surface area contributed by atoms with E-state index in [1.807, 2.05) is 5.92 Å². The van der Waals surface area contributed by atoms with Gasteiger partial charge in [0.05, 0.1) is 0 Å². The zero-order valence-electron chi connectivity index (χ0n) is 7.30. The fourth-order valence-corrected chi connectivity index (χ4v) is 1.04. The van der Waals surface area contributed by atoms with E-state index in [0.717, 1.165) is 6.92 Å². The van der Waals surface area contributed by atoms with Gasteiger partial charge in [-0.25, -0.2) is 17.6 Å². The van der Waals surface area contributed by atoms with Crippen LogP contribution in [-0.4, -0.2) is 0 Å². The summed E-state index contributed by atoms with van der Waals surface area (Å²) in [6.07, 6.45) is 4.33. The number of terminal acetylenes is 1. The summed E-state index contributed by atoms with van der Waals surface area (Å²) in [6.45, 7) is 0.955. The summed E-state index contributed by atoms with van der Waals surface area (Å²) in [7, 11) is 0. The predicted octanol–water partition coefficient (Wildman–Crippen LogP) is 2.73. The zero-order chi connectivity index (χ0) is 10.9. The van der Waals surface area contributed by atoms with Gasteiger partial charge in [-0.15, -0.1) is 12.3 Å². The highest BCUT2D eigenvalue weighted by atomic mass is 19.2. The lowest BCUT2D eigenvalue weighted by atomic mass is 10.1. The molecular weight excluding hydrogens is 196 g/mol. The van der Waals surface area contributed by atoms with Crippen molar-refractivity contribution in [1.82, 2.24) is 0 Å². The molecule has 0 aliphatic rings. The Kier molecular flexibility index (Phi) is 2.80. The van der Waals surface area contributed by atoms with Crippen LogP contribution in [0.3, 0.4) is 0 Å². The molecule has 1 rings (SSSR count). The molecule has 0 unspecified atom stereocenters. The van der Waals surface area contributed by atoms with E-state index in [9.17, 15) is 17.6 Å². The van der Waals surface area contributed by atoms with Crippen molar-refractivity contribution in [3.05, 3.63) is 34.4 Å². The van der Waals surface area contributed by atoms with Crippen molar-refractivity contribution in [2.75, 3.05) is 0 Å². The van der Waals surface area contributed by atoms with Crippen molar-refractivity contribution in [3.8, 4) is 12.3 Å². The van der Waals surface area contributed by atoms with Gasteiger partial charge in [-0.3, -0.25) is 0 Å². The third-order valence-electron chi connectivity index (χ3n) is 1.85. The second-order valence-corrected chi connectivity index (χ2v) is 2.74. The minimum atomic E-state index is -1.42. The number of rotatable bonds is 1. The first-order chi connectivity index (χ1) is 6.50. The lowest BCUT2D eigenvalue weighted by Gasteiger charge is -2.06. The highest BCUT2D eigenvalue weighted by Crippen LogP contribution is 2.23. The molecule has 0 bridgehead atoms. The predicted molar refractivity (Wildman–Crippen MR) is 43.5 cm³/mol. The van der Waals surface area contributed by atoms with Gasteiger partial charge in [0.15, 0.2) is 23.3 Å². The van der Waals surface area contributed by atoms with Gasteiger partial charge in [0.25, 0.3) is 0 Å². The van der Waals surface area contributed by atoms with Crippen LogP contribution in [0.15, 0.2) is 0 Å². The van der Waals surface area contributed by atoms with Gasteiger partial charge in [0.2, 0.25) is 0 Å². The van der Waals surface area contributed by atoms with E-state index in [2.05, 4.69) is 0 Å². The number of benzene rings is 1. The molecule has 0 fully saturated rings. The zero-order valence-corrected chi connectivity index (χ0v) is 7.30. The van der Waals surface area contributed by atoms with Crippen molar-refractivity contribution in [3.63, 3.8) is 0 Å². The first-order valence-electron chi connectivity index (χ1n) is 3.75. The average molecular weight is 202 g/mol. The van der Waals surface area contributed by atoms with E-state index < -0.39 is 40.8 Å². The molecule has 0 amide bonds. The smallest absolute Gasteiger partial charge is 0.166 e. The number of halogens is 4. The molecule has 1 aromatic carbocycles. The highest BCUT2D eigenvalue weighted by Gasteiger charge is 2.21. The molecule has 0 aliphatic carbocycles. The minimum absolute atomic E-state index is 0.480. The second kappa shape index (κ2) is 3.70. The van der Waals surface area contributed by atoms with E-state index >= 15 is 0 Å². The van der Waals surface area contributed by atoms with Crippen molar-refractivity contribution >= 4 is 0 Å². The van der Waals surface area contributed by atoms with E-state index in [1.165, 1.54) is 0 Å². The molecule has 0 spiro atoms. The first-order valence-corrected chi connectivity index (χ1v) is 3.75. The molecule has 74 valence electrons. The molecule has 0 atom stereocenters. The van der Waals surface area contributed by atoms with Crippen LogP contribution in [0, 0.1) is 42.5 Å². The standard InChI is InChI=1S/C10H6F4/c1-3-4-6-9(13)7(11)5(2)8(12)10(6)14/h1H,4H2,2H3. The Hall–Kier alpha value is -1.50. The molecule has 0 nitrogen and oxygen atoms in total. The Labute approximate surface area is 78.6 Å². The molecule has 0 aromatic heterocycles. The van der Waals surface area contributed by atoms with Gasteiger partial charge in [-0.2, -0.15) is 0 Å². The van der Waals surface area contributed by atoms with Crippen molar-refractivity contribution in [1.29, 1.82) is 0 Å². The Morgan fingerprint density at radius 3 is 1.79 bits per heavy atom. The molecule has 4 heteroatoms. The lowest BCUT2D eigenvalue weighted by molar-refractivity contribution is 0.434. The summed E-state index contributed by atoms with van der Waals surface area (Å²) in [5.74, 6) is -3.70. The summed E-state index contributed by atoms with van der Waals surface area (Å²) >= 11 is 0. The highest BCUT2D eigenvalue weighted by molar-refractivity contribution is 5.31. The quantitative estimate of drug-likeness (QED) is 0.373. The van der Waals surface area contributed by atoms with Crippen molar-refractivity contribution in [2.45, 2.75) is 13.3 Å². The van der Waals surface area contributed by atoms with Crippen molar-refractivity contribution in [2.24, 2.45) is 0 Å². The topological polar surface area (TPSA) is 0 Å². The second-order valence-electron chi connectivity index (χ2n) is 2.74. The van der Waals surface area contributed by atoms with Crippen LogP contribution in [0.1, 0.15) is 11.1 Å². The van der Waals surface area contributed by atoms with Gasteiger partial charge in [0, 0.05) is 17.5 Å². The van der Waals surface area contributed by atoms with E-state index in [4.69, 9.17) is 6.42 Å². The van der Waals surface area contributed by atoms with E-state index in [-0.39, 0.29) is 0 Å². The van der Waals surface area contributed by atoms with Crippen LogP contribution >= 0.6 is 0 Å². The Morgan fingerprint density at radius 2 is 1.43 bits per heavy atom. The molecule has 0 saturated carbocycles. The maximum absolute atomic E-state index is 13.0. The molecule has 0 saturated heterocycles. The summed E-state index contributed by atoms with van der Waals surface area (Å²) < 4.78 is 51.8. The molecule has 0 radical (unpaired) electrons. The lowest BCUT2D eigenvalue weighted by Crippen LogP contribution is -2.05. The van der Waals surface area contributed by atoms with Crippen molar-refractivity contribution < 1.29 is 17.6 Å². The largest absolute Gasteiger partial charge is 0.203 e. The third-order valence-corrected chi connectivity index (χ3v) is 1.85. The Bertz CT molecular complexity index is 386. The monoisotopic (exact) mass is 202 g/mol. The van der Waals surface area contributed by atoms with Crippen LogP contribution in [0.5, 0.6) is 0 Å². The van der Waals surface area contributed by atoms with Gasteiger partial charge < -0.3 is 0 Å². The van der Waals surface area contributed by atoms with Gasteiger partial charge in [-0.05, 0) is 6.92 Å². The van der Waals surface area contributed by atoms with Gasteiger partial charge >= 0.3 is 0 Å². The summed E-state index contributed by atoms with van der Waals surface area (Å²) in [4.78, 5) is 0. The molecule has 14 heavy (non-hydrogen) atoms. The number of hydrogen-bond donors (Lipinski definition) is 0. The maximum atomic E-state index is 13.0. The van der Waals surface area contributed by atoms with Crippen LogP contribution in [0.4, 0.5) is 17.6 Å². The average Bonchev–Trinajstić information content (AvgIpc) is 2.19. The van der Waals surface area contributed by atoms with Gasteiger partial charge in [-0.1, -0.05) is 0 Å². The molecule has 1 aromatic rings. The summed E-state index contributed by atoms with van der Waals surface area (Å²) in [6, 6.07) is 0. The van der Waals surface area contributed by atoms with Crippen LogP contribution in [-0.2, 0) is 6.42 Å². The third kappa shape index (κ3) is 1.46. The Morgan fingerprint density at radius 1 is 1.00 bits per heavy atom. The normalized spacial score (nSPS) is 10.0. The van der Waals surface area contributed by atoms with E-state index in [1.54, 1.807) is 0 Å². The van der Waals surface area contributed by atoms with Crippen LogP contribution < -0.4 is 0 Å². The number of hydrogen-bond acceptors (Lipinski definition) is 0. The van der Waals surface area contributed by atoms with Crippen LogP contribution in [0.25, 0.3) is 0 Å². The first kappa shape index (κ1) is 10.6. The fourth-order valence-electron chi connectivity index (χ4n) is 1.04. The maximum Gasteiger partial charge on any atom is 0.166 e. The Balaban J connectivity index is 3.53. The molecule has 0 aliphatic heterocycles. The van der Waals surface area contributed by atoms with E-state index in [0.29, 0.717) is 0 Å². The molecule has 0 heterocycles. The van der Waals surface area contributed by atoms with Crippen LogP contribution in [0.2, 0.25) is 0 Å². The minimum Gasteiger partial charge on any atom is -0.203 e. The summed E-state index contributed by atoms with van der Waals surface area (Å²) in [5.41, 5.74) is -1.42. The fraction of sp³-hybridized carbons (Fsp3) is 0.200. The molecule has 0 N–H and O–H groups in total. The molecular formula is C10H6F4.